The first-order chi connectivity index (χ1) is 8.19. The lowest BCUT2D eigenvalue weighted by molar-refractivity contribution is 0.129. The van der Waals surface area contributed by atoms with Gasteiger partial charge in [0.15, 0.2) is 0 Å². The van der Waals surface area contributed by atoms with Crippen LogP contribution in [0.2, 0.25) is 0 Å². The van der Waals surface area contributed by atoms with Gasteiger partial charge in [0.05, 0.1) is 6.10 Å². The summed E-state index contributed by atoms with van der Waals surface area (Å²) in [5.74, 6) is 2.25. The van der Waals surface area contributed by atoms with Crippen LogP contribution in [-0.2, 0) is 5.88 Å². The second-order valence-electron chi connectivity index (χ2n) is 4.90. The molecule has 0 heterocycles. The fraction of sp³-hybridized carbons (Fsp3) is 0.571. The number of hydrogen-bond donors (Lipinski definition) is 0. The molecule has 0 spiro atoms. The van der Waals surface area contributed by atoms with E-state index >= 15 is 0 Å². The predicted octanol–water partition coefficient (Wildman–Crippen LogP) is 5.15. The van der Waals surface area contributed by atoms with Crippen LogP contribution in [-0.4, -0.2) is 6.10 Å². The van der Waals surface area contributed by atoms with Crippen LogP contribution in [0, 0.1) is 5.92 Å². The van der Waals surface area contributed by atoms with Gasteiger partial charge >= 0.3 is 0 Å². The summed E-state index contributed by atoms with van der Waals surface area (Å²) in [6.07, 6.45) is 5.35. The summed E-state index contributed by atoms with van der Waals surface area (Å²) < 4.78 is 7.10. The Labute approximate surface area is 117 Å². The molecule has 1 saturated carbocycles. The quantitative estimate of drug-likeness (QED) is 0.701. The minimum atomic E-state index is 0.378. The van der Waals surface area contributed by atoms with Crippen LogP contribution in [0.25, 0.3) is 0 Å². The largest absolute Gasteiger partial charge is 0.490 e. The molecule has 1 aliphatic rings. The second-order valence-corrected chi connectivity index (χ2v) is 6.02. The molecule has 1 aromatic rings. The molecule has 0 radical (unpaired) electrons. The Morgan fingerprint density at radius 3 is 2.94 bits per heavy atom. The maximum absolute atomic E-state index is 6.04. The molecule has 2 atom stereocenters. The molecule has 1 aromatic carbocycles. The Hall–Kier alpha value is -0.210. The van der Waals surface area contributed by atoms with Crippen molar-refractivity contribution >= 4 is 27.5 Å². The van der Waals surface area contributed by atoms with Gasteiger partial charge in [-0.1, -0.05) is 29.3 Å². The van der Waals surface area contributed by atoms with Crippen LogP contribution >= 0.6 is 27.5 Å². The van der Waals surface area contributed by atoms with Gasteiger partial charge in [-0.25, -0.2) is 0 Å². The van der Waals surface area contributed by atoms with Crippen LogP contribution in [0.5, 0.6) is 5.75 Å². The van der Waals surface area contributed by atoms with Crippen molar-refractivity contribution in [1.82, 2.24) is 0 Å². The molecule has 0 bridgehead atoms. The standard InChI is InChI=1S/C14H18BrClO/c1-10-3-2-4-12(7-10)17-13-5-6-14(15)11(8-13)9-16/h5-6,8,10,12H,2-4,7,9H2,1H3. The topological polar surface area (TPSA) is 9.23 Å². The third-order valence-corrected chi connectivity index (χ3v) is 4.41. The first-order valence-electron chi connectivity index (χ1n) is 6.20. The van der Waals surface area contributed by atoms with Crippen molar-refractivity contribution in [3.63, 3.8) is 0 Å². The first kappa shape index (κ1) is 13.2. The molecule has 3 heteroatoms. The molecule has 0 aliphatic heterocycles. The molecule has 0 saturated heterocycles. The van der Waals surface area contributed by atoms with Crippen molar-refractivity contribution in [2.45, 2.75) is 44.6 Å². The first-order valence-corrected chi connectivity index (χ1v) is 7.53. The van der Waals surface area contributed by atoms with Gasteiger partial charge in [-0.2, -0.15) is 0 Å². The smallest absolute Gasteiger partial charge is 0.120 e. The average Bonchev–Trinajstić information content (AvgIpc) is 2.32. The molecule has 1 fully saturated rings. The van der Waals surface area contributed by atoms with Crippen molar-refractivity contribution in [1.29, 1.82) is 0 Å². The molecule has 2 rings (SSSR count). The monoisotopic (exact) mass is 316 g/mol. The van der Waals surface area contributed by atoms with Crippen LogP contribution in [0.1, 0.15) is 38.2 Å². The zero-order valence-corrected chi connectivity index (χ0v) is 12.4. The third-order valence-electron chi connectivity index (χ3n) is 3.35. The van der Waals surface area contributed by atoms with Gasteiger partial charge in [-0.3, -0.25) is 0 Å². The molecule has 17 heavy (non-hydrogen) atoms. The molecule has 1 aliphatic carbocycles. The Morgan fingerprint density at radius 2 is 2.24 bits per heavy atom. The summed E-state index contributed by atoms with van der Waals surface area (Å²) in [7, 11) is 0. The second kappa shape index (κ2) is 6.10. The third kappa shape index (κ3) is 3.62. The number of rotatable bonds is 3. The molecule has 0 amide bonds. The predicted molar refractivity (Wildman–Crippen MR) is 75.7 cm³/mol. The van der Waals surface area contributed by atoms with Crippen LogP contribution in [0.4, 0.5) is 0 Å². The molecule has 1 nitrogen and oxygen atoms in total. The van der Waals surface area contributed by atoms with Crippen LogP contribution in [0.15, 0.2) is 22.7 Å². The Morgan fingerprint density at radius 1 is 1.41 bits per heavy atom. The normalized spacial score (nSPS) is 24.6. The highest BCUT2D eigenvalue weighted by Gasteiger charge is 2.20. The lowest BCUT2D eigenvalue weighted by atomic mass is 9.89. The maximum Gasteiger partial charge on any atom is 0.120 e. The maximum atomic E-state index is 6.04. The van der Waals surface area contributed by atoms with Gasteiger partial charge in [0, 0.05) is 10.4 Å². The summed E-state index contributed by atoms with van der Waals surface area (Å²) in [4.78, 5) is 0. The van der Waals surface area contributed by atoms with Gasteiger partial charge < -0.3 is 4.74 Å². The summed E-state index contributed by atoms with van der Waals surface area (Å²) >= 11 is 9.37. The van der Waals surface area contributed by atoms with E-state index in [1.54, 1.807) is 0 Å². The molecular formula is C14H18BrClO. The number of halogens is 2. The van der Waals surface area contributed by atoms with E-state index in [2.05, 4.69) is 22.9 Å². The summed E-state index contributed by atoms with van der Waals surface area (Å²) in [5, 5.41) is 0. The van der Waals surface area contributed by atoms with Crippen LogP contribution < -0.4 is 4.74 Å². The molecular weight excluding hydrogens is 300 g/mol. The fourth-order valence-corrected chi connectivity index (χ4v) is 3.17. The van der Waals surface area contributed by atoms with Crippen molar-refractivity contribution in [2.75, 3.05) is 0 Å². The van der Waals surface area contributed by atoms with Crippen molar-refractivity contribution < 1.29 is 4.74 Å². The number of ether oxygens (including phenoxy) is 1. The van der Waals surface area contributed by atoms with Crippen LogP contribution in [0.3, 0.4) is 0 Å². The van der Waals surface area contributed by atoms with Gasteiger partial charge in [0.2, 0.25) is 0 Å². The minimum Gasteiger partial charge on any atom is -0.490 e. The van der Waals surface area contributed by atoms with Gasteiger partial charge in [-0.15, -0.1) is 11.6 Å². The minimum absolute atomic E-state index is 0.378. The van der Waals surface area contributed by atoms with E-state index in [1.165, 1.54) is 25.7 Å². The van der Waals surface area contributed by atoms with E-state index in [0.29, 0.717) is 12.0 Å². The number of hydrogen-bond acceptors (Lipinski definition) is 1. The van der Waals surface area contributed by atoms with Crippen molar-refractivity contribution in [2.24, 2.45) is 5.92 Å². The highest BCUT2D eigenvalue weighted by Crippen LogP contribution is 2.29. The highest BCUT2D eigenvalue weighted by molar-refractivity contribution is 9.10. The summed E-state index contributed by atoms with van der Waals surface area (Å²) in [6, 6.07) is 6.06. The molecule has 0 N–H and O–H groups in total. The molecule has 0 aromatic heterocycles. The SMILES string of the molecule is CC1CCCC(Oc2ccc(Br)c(CCl)c2)C1. The zero-order chi connectivity index (χ0) is 12.3. The van der Waals surface area contributed by atoms with E-state index in [1.807, 2.05) is 18.2 Å². The highest BCUT2D eigenvalue weighted by atomic mass is 79.9. The van der Waals surface area contributed by atoms with Crippen molar-refractivity contribution in [3.8, 4) is 5.75 Å². The molecule has 2 unspecified atom stereocenters. The summed E-state index contributed by atoms with van der Waals surface area (Å²) in [5.41, 5.74) is 1.09. The van der Waals surface area contributed by atoms with Gasteiger partial charge in [0.1, 0.15) is 5.75 Å². The molecule has 94 valence electrons. The van der Waals surface area contributed by atoms with E-state index in [9.17, 15) is 0 Å². The lowest BCUT2D eigenvalue weighted by Gasteiger charge is -2.27. The lowest BCUT2D eigenvalue weighted by Crippen LogP contribution is -2.24. The average molecular weight is 318 g/mol. The van der Waals surface area contributed by atoms with Gasteiger partial charge in [0.25, 0.3) is 0 Å². The Kier molecular flexibility index (Phi) is 4.75. The van der Waals surface area contributed by atoms with E-state index < -0.39 is 0 Å². The fourth-order valence-electron chi connectivity index (χ4n) is 2.40. The Balaban J connectivity index is 2.02. The van der Waals surface area contributed by atoms with E-state index in [0.717, 1.165) is 21.7 Å². The summed E-state index contributed by atoms with van der Waals surface area (Å²) in [6.45, 7) is 2.31. The van der Waals surface area contributed by atoms with E-state index in [-0.39, 0.29) is 0 Å². The zero-order valence-electron chi connectivity index (χ0n) is 10.1. The van der Waals surface area contributed by atoms with Gasteiger partial charge in [-0.05, 0) is 48.9 Å². The number of alkyl halides is 1. The number of benzene rings is 1. The van der Waals surface area contributed by atoms with E-state index in [4.69, 9.17) is 16.3 Å². The van der Waals surface area contributed by atoms with Crippen molar-refractivity contribution in [3.05, 3.63) is 28.2 Å². The Bertz CT molecular complexity index is 380.